The number of hydrogen-bond donors (Lipinski definition) is 3. The first-order valence-corrected chi connectivity index (χ1v) is 8.68. The van der Waals surface area contributed by atoms with Gasteiger partial charge in [-0.1, -0.05) is 29.6 Å². The van der Waals surface area contributed by atoms with Gasteiger partial charge in [-0.05, 0) is 37.6 Å². The molecule has 3 N–H and O–H groups in total. The van der Waals surface area contributed by atoms with E-state index >= 15 is 0 Å². The zero-order valence-electron chi connectivity index (χ0n) is 13.8. The predicted molar refractivity (Wildman–Crippen MR) is 96.9 cm³/mol. The Bertz CT molecular complexity index is 669. The van der Waals surface area contributed by atoms with Crippen molar-refractivity contribution in [1.29, 1.82) is 0 Å². The molecule has 136 valence electrons. The van der Waals surface area contributed by atoms with Gasteiger partial charge in [-0.2, -0.15) is 0 Å². The fourth-order valence-electron chi connectivity index (χ4n) is 2.69. The maximum absolute atomic E-state index is 12.6. The summed E-state index contributed by atoms with van der Waals surface area (Å²) in [6, 6.07) is 3.83. The highest BCUT2D eigenvalue weighted by Crippen LogP contribution is 2.26. The van der Waals surface area contributed by atoms with Crippen molar-refractivity contribution < 1.29 is 14.4 Å². The second kappa shape index (κ2) is 9.03. The molecule has 0 aromatic heterocycles. The molecule has 0 radical (unpaired) electrons. The number of benzene rings is 1. The Balaban J connectivity index is 2.00. The van der Waals surface area contributed by atoms with E-state index in [9.17, 15) is 14.4 Å². The van der Waals surface area contributed by atoms with E-state index in [1.807, 2.05) is 0 Å². The lowest BCUT2D eigenvalue weighted by molar-refractivity contribution is -0.126. The summed E-state index contributed by atoms with van der Waals surface area (Å²) in [6.45, 7) is 0.591. The summed E-state index contributed by atoms with van der Waals surface area (Å²) >= 11 is 11.8. The van der Waals surface area contributed by atoms with Crippen LogP contribution in [0.2, 0.25) is 10.0 Å². The number of hydrogen-bond acceptors (Lipinski definition) is 4. The monoisotopic (exact) mass is 386 g/mol. The van der Waals surface area contributed by atoms with Gasteiger partial charge in [0.1, 0.15) is 0 Å². The standard InChI is InChI=1S/C16H20Cl2N4O3/c1-19-16(25)21-14(23)9-22-7-3-2-4-13(22)15(24)20-10-5-6-11(17)12(18)8-10/h5-6,8,13H,2-4,7,9H2,1H3,(H,20,24)(H2,19,21,23,25)/t13-/m0/s1. The first kappa shape index (κ1) is 19.5. The molecule has 1 atom stereocenters. The summed E-state index contributed by atoms with van der Waals surface area (Å²) in [5.74, 6) is -0.667. The average Bonchev–Trinajstić information content (AvgIpc) is 2.58. The molecule has 1 saturated heterocycles. The molecule has 1 aliphatic heterocycles. The van der Waals surface area contributed by atoms with E-state index < -0.39 is 18.0 Å². The minimum absolute atomic E-state index is 0.0210. The Kier molecular flexibility index (Phi) is 7.04. The predicted octanol–water partition coefficient (Wildman–Crippen LogP) is 2.24. The van der Waals surface area contributed by atoms with Crippen LogP contribution in [0.5, 0.6) is 0 Å². The smallest absolute Gasteiger partial charge is 0.321 e. The maximum atomic E-state index is 12.6. The van der Waals surface area contributed by atoms with E-state index in [2.05, 4.69) is 16.0 Å². The van der Waals surface area contributed by atoms with Gasteiger partial charge in [-0.15, -0.1) is 0 Å². The highest BCUT2D eigenvalue weighted by Gasteiger charge is 2.30. The van der Waals surface area contributed by atoms with Crippen molar-refractivity contribution in [2.24, 2.45) is 0 Å². The molecule has 0 unspecified atom stereocenters. The lowest BCUT2D eigenvalue weighted by atomic mass is 10.0. The molecule has 4 amide bonds. The minimum atomic E-state index is -0.571. The maximum Gasteiger partial charge on any atom is 0.321 e. The van der Waals surface area contributed by atoms with Crippen LogP contribution in [0.1, 0.15) is 19.3 Å². The third-order valence-electron chi connectivity index (χ3n) is 3.93. The van der Waals surface area contributed by atoms with Crippen molar-refractivity contribution in [3.8, 4) is 0 Å². The van der Waals surface area contributed by atoms with Crippen molar-refractivity contribution in [3.05, 3.63) is 28.2 Å². The molecule has 9 heteroatoms. The van der Waals surface area contributed by atoms with Gasteiger partial charge >= 0.3 is 6.03 Å². The summed E-state index contributed by atoms with van der Waals surface area (Å²) in [5.41, 5.74) is 0.541. The highest BCUT2D eigenvalue weighted by molar-refractivity contribution is 6.42. The van der Waals surface area contributed by atoms with Gasteiger partial charge in [0, 0.05) is 12.7 Å². The number of rotatable bonds is 4. The number of amides is 4. The van der Waals surface area contributed by atoms with Crippen LogP contribution in [0.3, 0.4) is 0 Å². The molecular formula is C16H20Cl2N4O3. The molecule has 1 heterocycles. The molecule has 1 aliphatic rings. The number of carbonyl (C=O) groups is 3. The Morgan fingerprint density at radius 3 is 2.64 bits per heavy atom. The average molecular weight is 387 g/mol. The summed E-state index contributed by atoms with van der Waals surface area (Å²) in [6.07, 6.45) is 2.43. The Labute approximate surface area is 156 Å². The molecule has 25 heavy (non-hydrogen) atoms. The summed E-state index contributed by atoms with van der Waals surface area (Å²) in [4.78, 5) is 37.5. The van der Waals surface area contributed by atoms with E-state index in [-0.39, 0.29) is 12.5 Å². The Hall–Kier alpha value is -1.83. The van der Waals surface area contributed by atoms with Crippen LogP contribution in [0.15, 0.2) is 18.2 Å². The molecule has 1 aromatic rings. The lowest BCUT2D eigenvalue weighted by Crippen LogP contribution is -2.52. The molecule has 0 saturated carbocycles. The van der Waals surface area contributed by atoms with Gasteiger partial charge < -0.3 is 10.6 Å². The number of nitrogens with one attached hydrogen (secondary N) is 3. The molecule has 0 bridgehead atoms. The summed E-state index contributed by atoms with van der Waals surface area (Å²) < 4.78 is 0. The molecule has 7 nitrogen and oxygen atoms in total. The number of carbonyl (C=O) groups excluding carboxylic acids is 3. The normalized spacial score (nSPS) is 17.6. The zero-order valence-corrected chi connectivity index (χ0v) is 15.3. The number of halogens is 2. The van der Waals surface area contributed by atoms with Crippen LogP contribution < -0.4 is 16.0 Å². The molecule has 2 rings (SSSR count). The Morgan fingerprint density at radius 2 is 1.96 bits per heavy atom. The molecule has 1 aromatic carbocycles. The highest BCUT2D eigenvalue weighted by atomic mass is 35.5. The second-order valence-electron chi connectivity index (χ2n) is 5.73. The molecule has 1 fully saturated rings. The third kappa shape index (κ3) is 5.59. The SMILES string of the molecule is CNC(=O)NC(=O)CN1CCCC[C@H]1C(=O)Nc1ccc(Cl)c(Cl)c1. The van der Waals surface area contributed by atoms with Gasteiger partial charge in [-0.3, -0.25) is 19.8 Å². The van der Waals surface area contributed by atoms with Crippen LogP contribution in [0.25, 0.3) is 0 Å². The second-order valence-corrected chi connectivity index (χ2v) is 6.54. The molecular weight excluding hydrogens is 367 g/mol. The van der Waals surface area contributed by atoms with Crippen molar-refractivity contribution >= 4 is 46.7 Å². The fraction of sp³-hybridized carbons (Fsp3) is 0.438. The minimum Gasteiger partial charge on any atom is -0.341 e. The van der Waals surface area contributed by atoms with Crippen LogP contribution >= 0.6 is 23.2 Å². The van der Waals surface area contributed by atoms with Crippen LogP contribution in [-0.2, 0) is 9.59 Å². The largest absolute Gasteiger partial charge is 0.341 e. The molecule has 0 spiro atoms. The van der Waals surface area contributed by atoms with Crippen LogP contribution in [0.4, 0.5) is 10.5 Å². The van der Waals surface area contributed by atoms with Gasteiger partial charge in [0.25, 0.3) is 0 Å². The van der Waals surface area contributed by atoms with Crippen molar-refractivity contribution in [2.75, 3.05) is 25.5 Å². The van der Waals surface area contributed by atoms with Gasteiger partial charge in [-0.25, -0.2) is 4.79 Å². The van der Waals surface area contributed by atoms with Gasteiger partial charge in [0.15, 0.2) is 0 Å². The van der Waals surface area contributed by atoms with Gasteiger partial charge in [0.2, 0.25) is 11.8 Å². The van der Waals surface area contributed by atoms with E-state index in [1.165, 1.54) is 7.05 Å². The topological polar surface area (TPSA) is 90.5 Å². The summed E-state index contributed by atoms with van der Waals surface area (Å²) in [5, 5.41) is 8.08. The van der Waals surface area contributed by atoms with Crippen LogP contribution in [-0.4, -0.2) is 48.9 Å². The number of anilines is 1. The first-order valence-electron chi connectivity index (χ1n) is 7.92. The first-order chi connectivity index (χ1) is 11.9. The van der Waals surface area contributed by atoms with E-state index in [1.54, 1.807) is 23.1 Å². The third-order valence-corrected chi connectivity index (χ3v) is 4.67. The number of likely N-dealkylation sites (tertiary alicyclic amines) is 1. The van der Waals surface area contributed by atoms with E-state index in [0.29, 0.717) is 28.7 Å². The fourth-order valence-corrected chi connectivity index (χ4v) is 2.99. The quantitative estimate of drug-likeness (QED) is 0.739. The number of imide groups is 1. The van der Waals surface area contributed by atoms with Crippen molar-refractivity contribution in [3.63, 3.8) is 0 Å². The number of urea groups is 1. The van der Waals surface area contributed by atoms with E-state index in [0.717, 1.165) is 12.8 Å². The van der Waals surface area contributed by atoms with Crippen LogP contribution in [0, 0.1) is 0 Å². The Morgan fingerprint density at radius 1 is 1.20 bits per heavy atom. The van der Waals surface area contributed by atoms with Crippen molar-refractivity contribution in [1.82, 2.24) is 15.5 Å². The number of piperidine rings is 1. The number of nitrogens with zero attached hydrogens (tertiary/aromatic N) is 1. The van der Waals surface area contributed by atoms with Crippen molar-refractivity contribution in [2.45, 2.75) is 25.3 Å². The van der Waals surface area contributed by atoms with E-state index in [4.69, 9.17) is 23.2 Å². The van der Waals surface area contributed by atoms with Gasteiger partial charge in [0.05, 0.1) is 22.6 Å². The zero-order chi connectivity index (χ0) is 18.4. The molecule has 0 aliphatic carbocycles. The lowest BCUT2D eigenvalue weighted by Gasteiger charge is -2.33. The summed E-state index contributed by atoms with van der Waals surface area (Å²) in [7, 11) is 1.43.